The Morgan fingerprint density at radius 1 is 1.05 bits per heavy atom. The van der Waals surface area contributed by atoms with Crippen LogP contribution in [0.2, 0.25) is 0 Å². The first-order chi connectivity index (χ1) is 9.69. The minimum Gasteiger partial charge on any atom is -0.481 e. The monoisotopic (exact) mass is 271 g/mol. The highest BCUT2D eigenvalue weighted by molar-refractivity contribution is 5.80. The van der Waals surface area contributed by atoms with Crippen molar-refractivity contribution < 1.29 is 9.53 Å². The Hall–Kier alpha value is -2.53. The fourth-order valence-electron chi connectivity index (χ4n) is 1.68. The van der Waals surface area contributed by atoms with E-state index >= 15 is 0 Å². The molecule has 0 aliphatic heterocycles. The van der Waals surface area contributed by atoms with Crippen molar-refractivity contribution in [2.75, 3.05) is 5.32 Å². The fourth-order valence-corrected chi connectivity index (χ4v) is 1.68. The maximum atomic E-state index is 11.3. The van der Waals surface area contributed by atoms with Crippen molar-refractivity contribution in [2.45, 2.75) is 13.0 Å². The van der Waals surface area contributed by atoms with Crippen molar-refractivity contribution in [3.63, 3.8) is 0 Å². The number of nitrogens with one attached hydrogen (secondary N) is 2. The van der Waals surface area contributed by atoms with E-state index in [1.54, 1.807) is 19.1 Å². The van der Waals surface area contributed by atoms with Crippen molar-refractivity contribution >= 4 is 17.3 Å². The third-order valence-corrected chi connectivity index (χ3v) is 2.74. The van der Waals surface area contributed by atoms with Gasteiger partial charge in [-0.1, -0.05) is 18.2 Å². The summed E-state index contributed by atoms with van der Waals surface area (Å²) in [5, 5.41) is 3.26. The molecule has 1 atom stereocenters. The third kappa shape index (κ3) is 3.73. The number of amides is 1. The van der Waals surface area contributed by atoms with Crippen LogP contribution in [0.5, 0.6) is 5.75 Å². The van der Waals surface area contributed by atoms with Gasteiger partial charge in [-0.25, -0.2) is 5.84 Å². The molecule has 0 spiro atoms. The Morgan fingerprint density at radius 2 is 1.65 bits per heavy atom. The van der Waals surface area contributed by atoms with Gasteiger partial charge in [-0.05, 0) is 43.3 Å². The number of benzene rings is 2. The van der Waals surface area contributed by atoms with Gasteiger partial charge < -0.3 is 10.1 Å². The van der Waals surface area contributed by atoms with Gasteiger partial charge in [0, 0.05) is 11.4 Å². The first-order valence-electron chi connectivity index (χ1n) is 6.28. The van der Waals surface area contributed by atoms with Crippen molar-refractivity contribution in [3.05, 3.63) is 54.6 Å². The van der Waals surface area contributed by atoms with E-state index in [4.69, 9.17) is 10.6 Å². The van der Waals surface area contributed by atoms with Gasteiger partial charge in [0.15, 0.2) is 6.10 Å². The van der Waals surface area contributed by atoms with Crippen LogP contribution in [0.4, 0.5) is 11.4 Å². The maximum absolute atomic E-state index is 11.3. The summed E-state index contributed by atoms with van der Waals surface area (Å²) in [7, 11) is 0. The Bertz CT molecular complexity index is 555. The lowest BCUT2D eigenvalue weighted by Gasteiger charge is -2.13. The summed E-state index contributed by atoms with van der Waals surface area (Å²) < 4.78 is 5.45. The number of rotatable bonds is 5. The molecule has 2 aromatic rings. The van der Waals surface area contributed by atoms with E-state index < -0.39 is 6.10 Å². The second-order valence-corrected chi connectivity index (χ2v) is 4.28. The molecule has 0 bridgehead atoms. The van der Waals surface area contributed by atoms with Crippen LogP contribution in [0.25, 0.3) is 0 Å². The molecular formula is C15H17N3O2. The molecule has 1 amide bonds. The zero-order valence-corrected chi connectivity index (χ0v) is 11.2. The molecule has 0 aliphatic rings. The number of nitrogens with two attached hydrogens (primary N) is 1. The predicted molar refractivity (Wildman–Crippen MR) is 78.6 cm³/mol. The highest BCUT2D eigenvalue weighted by Gasteiger charge is 2.12. The summed E-state index contributed by atoms with van der Waals surface area (Å²) in [5.74, 6) is 5.29. The second kappa shape index (κ2) is 6.58. The number of carbonyl (C=O) groups is 1. The minimum absolute atomic E-state index is 0.364. The normalized spacial score (nSPS) is 11.5. The molecule has 2 aromatic carbocycles. The lowest BCUT2D eigenvalue weighted by molar-refractivity contribution is -0.127. The zero-order chi connectivity index (χ0) is 14.4. The zero-order valence-electron chi connectivity index (χ0n) is 11.2. The average molecular weight is 271 g/mol. The molecule has 0 aliphatic carbocycles. The van der Waals surface area contributed by atoms with Crippen molar-refractivity contribution in [1.29, 1.82) is 0 Å². The van der Waals surface area contributed by atoms with Crippen LogP contribution in [0.3, 0.4) is 0 Å². The lowest BCUT2D eigenvalue weighted by Crippen LogP contribution is -2.40. The van der Waals surface area contributed by atoms with E-state index in [9.17, 15) is 4.79 Å². The molecule has 0 heterocycles. The molecule has 0 saturated carbocycles. The minimum atomic E-state index is -0.632. The summed E-state index contributed by atoms with van der Waals surface area (Å²) >= 11 is 0. The van der Waals surface area contributed by atoms with Gasteiger partial charge in [0.25, 0.3) is 5.91 Å². The molecule has 0 aromatic heterocycles. The molecular weight excluding hydrogens is 254 g/mol. The first kappa shape index (κ1) is 13.9. The van der Waals surface area contributed by atoms with Crippen LogP contribution in [-0.2, 0) is 4.79 Å². The molecule has 5 heteroatoms. The predicted octanol–water partition coefficient (Wildman–Crippen LogP) is 2.19. The highest BCUT2D eigenvalue weighted by atomic mass is 16.5. The molecule has 0 radical (unpaired) electrons. The largest absolute Gasteiger partial charge is 0.481 e. The third-order valence-electron chi connectivity index (χ3n) is 2.74. The number of ether oxygens (including phenoxy) is 1. The van der Waals surface area contributed by atoms with E-state index in [-0.39, 0.29) is 5.91 Å². The van der Waals surface area contributed by atoms with E-state index in [1.807, 2.05) is 42.5 Å². The Morgan fingerprint density at radius 3 is 2.25 bits per heavy atom. The van der Waals surface area contributed by atoms with E-state index in [0.717, 1.165) is 11.4 Å². The smallest absolute Gasteiger partial charge is 0.274 e. The molecule has 5 nitrogen and oxygen atoms in total. The van der Waals surface area contributed by atoms with Crippen LogP contribution in [0, 0.1) is 0 Å². The Kier molecular flexibility index (Phi) is 4.57. The summed E-state index contributed by atoms with van der Waals surface area (Å²) in [4.78, 5) is 11.3. The summed E-state index contributed by atoms with van der Waals surface area (Å²) in [5.41, 5.74) is 4.01. The second-order valence-electron chi connectivity index (χ2n) is 4.28. The lowest BCUT2D eigenvalue weighted by atomic mass is 10.2. The van der Waals surface area contributed by atoms with Crippen LogP contribution < -0.4 is 21.3 Å². The number of hydrazine groups is 1. The fraction of sp³-hybridized carbons (Fsp3) is 0.133. The van der Waals surface area contributed by atoms with Gasteiger partial charge in [-0.15, -0.1) is 0 Å². The quantitative estimate of drug-likeness (QED) is 0.442. The van der Waals surface area contributed by atoms with Crippen LogP contribution >= 0.6 is 0 Å². The number of para-hydroxylation sites is 1. The highest BCUT2D eigenvalue weighted by Crippen LogP contribution is 2.20. The molecule has 2 rings (SSSR count). The van der Waals surface area contributed by atoms with E-state index in [2.05, 4.69) is 10.7 Å². The van der Waals surface area contributed by atoms with Crippen LogP contribution in [0.1, 0.15) is 6.92 Å². The number of carbonyl (C=O) groups excluding carboxylic acids is 1. The number of anilines is 2. The number of hydrogen-bond donors (Lipinski definition) is 3. The molecule has 0 saturated heterocycles. The first-order valence-corrected chi connectivity index (χ1v) is 6.28. The molecule has 0 fully saturated rings. The molecule has 104 valence electrons. The Balaban J connectivity index is 1.98. The Labute approximate surface area is 117 Å². The van der Waals surface area contributed by atoms with Crippen LogP contribution in [0.15, 0.2) is 54.6 Å². The van der Waals surface area contributed by atoms with Gasteiger partial charge in [-0.3, -0.25) is 10.2 Å². The van der Waals surface area contributed by atoms with Gasteiger partial charge >= 0.3 is 0 Å². The molecule has 1 unspecified atom stereocenters. The maximum Gasteiger partial charge on any atom is 0.274 e. The van der Waals surface area contributed by atoms with E-state index in [0.29, 0.717) is 5.75 Å². The van der Waals surface area contributed by atoms with Crippen molar-refractivity contribution in [2.24, 2.45) is 5.84 Å². The SMILES string of the molecule is CC(Oc1ccc(Nc2ccccc2)cc1)C(=O)NN. The molecule has 20 heavy (non-hydrogen) atoms. The summed E-state index contributed by atoms with van der Waals surface area (Å²) in [6.45, 7) is 1.64. The number of hydrogen-bond acceptors (Lipinski definition) is 4. The van der Waals surface area contributed by atoms with Gasteiger partial charge in [0.1, 0.15) is 5.75 Å². The standard InChI is InChI=1S/C15H17N3O2/c1-11(15(19)18-16)20-14-9-7-13(8-10-14)17-12-5-3-2-4-6-12/h2-11,17H,16H2,1H3,(H,18,19). The summed E-state index contributed by atoms with van der Waals surface area (Å²) in [6.07, 6.45) is -0.632. The van der Waals surface area contributed by atoms with Crippen LogP contribution in [-0.4, -0.2) is 12.0 Å². The molecule has 4 N–H and O–H groups in total. The topological polar surface area (TPSA) is 76.4 Å². The van der Waals surface area contributed by atoms with Gasteiger partial charge in [0.05, 0.1) is 0 Å². The van der Waals surface area contributed by atoms with Gasteiger partial charge in [-0.2, -0.15) is 0 Å². The average Bonchev–Trinajstić information content (AvgIpc) is 2.49. The van der Waals surface area contributed by atoms with E-state index in [1.165, 1.54) is 0 Å². The van der Waals surface area contributed by atoms with Crippen molar-refractivity contribution in [3.8, 4) is 5.75 Å². The van der Waals surface area contributed by atoms with Crippen molar-refractivity contribution in [1.82, 2.24) is 5.43 Å². The summed E-state index contributed by atoms with van der Waals surface area (Å²) in [6, 6.07) is 17.2. The van der Waals surface area contributed by atoms with Gasteiger partial charge in [0.2, 0.25) is 0 Å².